The summed E-state index contributed by atoms with van der Waals surface area (Å²) in [5.41, 5.74) is 0.888. The Balaban J connectivity index is 1.51. The van der Waals surface area contributed by atoms with Crippen molar-refractivity contribution in [2.45, 2.75) is 70.8 Å². The molecule has 1 saturated carbocycles. The van der Waals surface area contributed by atoms with Gasteiger partial charge in [0.2, 0.25) is 23.5 Å². The highest BCUT2D eigenvalue weighted by molar-refractivity contribution is 5.80. The molecular formula is C25H34N4O3. The Labute approximate surface area is 189 Å². The molecule has 0 radical (unpaired) electrons. The number of piperidine rings is 1. The summed E-state index contributed by atoms with van der Waals surface area (Å²) in [6, 6.07) is 9.53. The molecule has 4 rings (SSSR count). The average molecular weight is 439 g/mol. The van der Waals surface area contributed by atoms with Gasteiger partial charge in [-0.2, -0.15) is 4.98 Å². The molecule has 1 aromatic carbocycles. The molecule has 7 nitrogen and oxygen atoms in total. The van der Waals surface area contributed by atoms with Gasteiger partial charge in [-0.15, -0.1) is 0 Å². The van der Waals surface area contributed by atoms with Crippen LogP contribution < -0.4 is 5.32 Å². The van der Waals surface area contributed by atoms with Crippen molar-refractivity contribution in [2.75, 3.05) is 13.1 Å². The van der Waals surface area contributed by atoms with E-state index in [0.717, 1.165) is 37.9 Å². The fraction of sp³-hybridized carbons (Fsp3) is 0.600. The Hall–Kier alpha value is -2.70. The van der Waals surface area contributed by atoms with Gasteiger partial charge in [0.15, 0.2) is 0 Å². The average Bonchev–Trinajstić information content (AvgIpc) is 3.46. The maximum atomic E-state index is 13.2. The summed E-state index contributed by atoms with van der Waals surface area (Å²) in [6.07, 6.45) is 5.92. The van der Waals surface area contributed by atoms with Crippen LogP contribution in [0.3, 0.4) is 0 Å². The summed E-state index contributed by atoms with van der Waals surface area (Å²) in [4.78, 5) is 32.5. The van der Waals surface area contributed by atoms with Gasteiger partial charge in [-0.25, -0.2) is 0 Å². The van der Waals surface area contributed by atoms with Gasteiger partial charge < -0.3 is 14.7 Å². The number of hydrogen-bond donors (Lipinski definition) is 1. The van der Waals surface area contributed by atoms with Crippen LogP contribution in [0.1, 0.15) is 70.6 Å². The molecule has 2 heterocycles. The number of likely N-dealkylation sites (tertiary alicyclic amines) is 1. The third-order valence-corrected chi connectivity index (χ3v) is 6.67. The van der Waals surface area contributed by atoms with Crippen LogP contribution in [0, 0.1) is 11.8 Å². The molecule has 2 fully saturated rings. The second kappa shape index (κ2) is 10.3. The molecule has 32 heavy (non-hydrogen) atoms. The van der Waals surface area contributed by atoms with E-state index in [2.05, 4.69) is 29.3 Å². The van der Waals surface area contributed by atoms with Gasteiger partial charge in [0, 0.05) is 37.0 Å². The number of nitrogens with one attached hydrogen (secondary N) is 1. The van der Waals surface area contributed by atoms with Crippen molar-refractivity contribution in [1.29, 1.82) is 0 Å². The Kier molecular flexibility index (Phi) is 7.22. The molecule has 0 spiro atoms. The van der Waals surface area contributed by atoms with Gasteiger partial charge in [-0.3, -0.25) is 9.59 Å². The van der Waals surface area contributed by atoms with Crippen molar-refractivity contribution in [3.8, 4) is 11.4 Å². The number of nitrogens with zero attached hydrogens (tertiary/aromatic N) is 3. The van der Waals surface area contributed by atoms with E-state index in [1.165, 1.54) is 6.42 Å². The summed E-state index contributed by atoms with van der Waals surface area (Å²) in [5, 5.41) is 7.35. The van der Waals surface area contributed by atoms with Crippen molar-refractivity contribution < 1.29 is 14.1 Å². The fourth-order valence-corrected chi connectivity index (χ4v) is 4.83. The van der Waals surface area contributed by atoms with Crippen molar-refractivity contribution >= 4 is 11.8 Å². The summed E-state index contributed by atoms with van der Waals surface area (Å²) >= 11 is 0. The number of hydrogen-bond acceptors (Lipinski definition) is 5. The topological polar surface area (TPSA) is 88.3 Å². The minimum atomic E-state index is -0.169. The number of carbonyl (C=O) groups excluding carboxylic acids is 2. The highest BCUT2D eigenvalue weighted by Crippen LogP contribution is 2.40. The molecule has 2 aliphatic rings. The zero-order valence-corrected chi connectivity index (χ0v) is 19.1. The van der Waals surface area contributed by atoms with E-state index in [9.17, 15) is 9.59 Å². The van der Waals surface area contributed by atoms with Crippen molar-refractivity contribution in [3.63, 3.8) is 0 Å². The van der Waals surface area contributed by atoms with Crippen molar-refractivity contribution in [2.24, 2.45) is 11.8 Å². The third kappa shape index (κ3) is 5.37. The SMILES string of the molecule is CC(C)CCC(=O)N[C@H]1C[C@H](C(=O)N2CCCCC2)C[C@H]1c1nc(-c2ccccc2)no1. The lowest BCUT2D eigenvalue weighted by Crippen LogP contribution is -2.40. The van der Waals surface area contributed by atoms with Gasteiger partial charge in [0.1, 0.15) is 0 Å². The predicted octanol–water partition coefficient (Wildman–Crippen LogP) is 4.16. The molecule has 1 aromatic heterocycles. The molecule has 1 saturated heterocycles. The zero-order chi connectivity index (χ0) is 22.5. The lowest BCUT2D eigenvalue weighted by molar-refractivity contribution is -0.136. The van der Waals surface area contributed by atoms with Crippen LogP contribution in [0.15, 0.2) is 34.9 Å². The molecule has 0 unspecified atom stereocenters. The lowest BCUT2D eigenvalue weighted by Gasteiger charge is -2.29. The predicted molar refractivity (Wildman–Crippen MR) is 122 cm³/mol. The maximum Gasteiger partial charge on any atom is 0.232 e. The van der Waals surface area contributed by atoms with E-state index in [0.29, 0.717) is 36.9 Å². The first kappa shape index (κ1) is 22.5. The Morgan fingerprint density at radius 3 is 2.59 bits per heavy atom. The van der Waals surface area contributed by atoms with E-state index in [1.807, 2.05) is 35.2 Å². The smallest absolute Gasteiger partial charge is 0.232 e. The van der Waals surface area contributed by atoms with Crippen molar-refractivity contribution in [1.82, 2.24) is 20.4 Å². The largest absolute Gasteiger partial charge is 0.353 e. The highest BCUT2D eigenvalue weighted by atomic mass is 16.5. The Morgan fingerprint density at radius 1 is 1.12 bits per heavy atom. The maximum absolute atomic E-state index is 13.2. The molecule has 0 bridgehead atoms. The van der Waals surface area contributed by atoms with Crippen LogP contribution in [0.25, 0.3) is 11.4 Å². The van der Waals surface area contributed by atoms with Crippen LogP contribution in [-0.2, 0) is 9.59 Å². The van der Waals surface area contributed by atoms with Gasteiger partial charge >= 0.3 is 0 Å². The van der Waals surface area contributed by atoms with Crippen LogP contribution in [0.4, 0.5) is 0 Å². The van der Waals surface area contributed by atoms with Crippen LogP contribution in [0.2, 0.25) is 0 Å². The molecular weight excluding hydrogens is 404 g/mol. The van der Waals surface area contributed by atoms with Crippen molar-refractivity contribution in [3.05, 3.63) is 36.2 Å². The lowest BCUT2D eigenvalue weighted by atomic mass is 10.0. The van der Waals surface area contributed by atoms with E-state index < -0.39 is 0 Å². The summed E-state index contributed by atoms with van der Waals surface area (Å²) in [6.45, 7) is 5.90. The fourth-order valence-electron chi connectivity index (χ4n) is 4.83. The van der Waals surface area contributed by atoms with Gasteiger partial charge in [0.05, 0.1) is 5.92 Å². The summed E-state index contributed by atoms with van der Waals surface area (Å²) < 4.78 is 5.65. The molecule has 3 atom stereocenters. The number of aromatic nitrogens is 2. The van der Waals surface area contributed by atoms with E-state index in [-0.39, 0.29) is 29.7 Å². The minimum Gasteiger partial charge on any atom is -0.353 e. The second-order valence-electron chi connectivity index (χ2n) is 9.59. The minimum absolute atomic E-state index is 0.0302. The zero-order valence-electron chi connectivity index (χ0n) is 19.1. The molecule has 7 heteroatoms. The highest BCUT2D eigenvalue weighted by Gasteiger charge is 2.43. The van der Waals surface area contributed by atoms with Gasteiger partial charge in [0.25, 0.3) is 0 Å². The van der Waals surface area contributed by atoms with Crippen LogP contribution in [0.5, 0.6) is 0 Å². The number of rotatable bonds is 7. The third-order valence-electron chi connectivity index (χ3n) is 6.67. The Bertz CT molecular complexity index is 905. The van der Waals surface area contributed by atoms with Crippen LogP contribution >= 0.6 is 0 Å². The monoisotopic (exact) mass is 438 g/mol. The molecule has 1 aliphatic heterocycles. The first-order chi connectivity index (χ1) is 15.5. The number of benzene rings is 1. The number of amides is 2. The number of carbonyl (C=O) groups is 2. The molecule has 2 aromatic rings. The normalized spacial score (nSPS) is 23.5. The summed E-state index contributed by atoms with van der Waals surface area (Å²) in [5.74, 6) is 1.47. The molecule has 2 amide bonds. The standard InChI is InChI=1S/C25H34N4O3/c1-17(2)11-12-22(30)26-21-16-19(25(31)29-13-7-4-8-14-29)15-20(21)24-27-23(28-32-24)18-9-5-3-6-10-18/h3,5-6,9-10,17,19-21H,4,7-8,11-16H2,1-2H3,(H,26,30)/t19-,20-,21+/m1/s1. The first-order valence-corrected chi connectivity index (χ1v) is 12.0. The molecule has 172 valence electrons. The van der Waals surface area contributed by atoms with E-state index >= 15 is 0 Å². The molecule has 1 aliphatic carbocycles. The Morgan fingerprint density at radius 2 is 1.88 bits per heavy atom. The molecule has 1 N–H and O–H groups in total. The van der Waals surface area contributed by atoms with Gasteiger partial charge in [-0.05, 0) is 44.4 Å². The van der Waals surface area contributed by atoms with E-state index in [4.69, 9.17) is 4.52 Å². The van der Waals surface area contributed by atoms with Crippen LogP contribution in [-0.4, -0.2) is 46.0 Å². The van der Waals surface area contributed by atoms with E-state index in [1.54, 1.807) is 0 Å². The summed E-state index contributed by atoms with van der Waals surface area (Å²) in [7, 11) is 0. The van der Waals surface area contributed by atoms with Gasteiger partial charge in [-0.1, -0.05) is 49.3 Å². The quantitative estimate of drug-likeness (QED) is 0.701. The second-order valence-corrected chi connectivity index (χ2v) is 9.59. The first-order valence-electron chi connectivity index (χ1n) is 12.0.